The van der Waals surface area contributed by atoms with Gasteiger partial charge in [-0.15, -0.1) is 0 Å². The van der Waals surface area contributed by atoms with Gasteiger partial charge in [-0.05, 0) is 30.7 Å². The molecule has 5 heteroatoms. The number of benzene rings is 1. The number of ether oxygens (including phenoxy) is 1. The van der Waals surface area contributed by atoms with E-state index in [9.17, 15) is 0 Å². The van der Waals surface area contributed by atoms with E-state index >= 15 is 0 Å². The summed E-state index contributed by atoms with van der Waals surface area (Å²) in [6.07, 6.45) is 3.39. The van der Waals surface area contributed by atoms with E-state index in [0.29, 0.717) is 11.6 Å². The van der Waals surface area contributed by atoms with E-state index in [2.05, 4.69) is 21.2 Å². The monoisotopic (exact) mass is 343 g/mol. The predicted molar refractivity (Wildman–Crippen MR) is 79.8 cm³/mol. The van der Waals surface area contributed by atoms with Crippen molar-refractivity contribution in [1.29, 1.82) is 0 Å². The van der Waals surface area contributed by atoms with Crippen LogP contribution in [0.4, 0.5) is 0 Å². The molecule has 2 rings (SSSR count). The number of aryl methyl sites for hydroxylation is 1. The maximum Gasteiger partial charge on any atom is 0.140 e. The van der Waals surface area contributed by atoms with Crippen molar-refractivity contribution in [2.45, 2.75) is 13.5 Å². The van der Waals surface area contributed by atoms with Crippen molar-refractivity contribution in [3.8, 4) is 5.75 Å². The Hall–Kier alpha value is -0.970. The zero-order chi connectivity index (χ0) is 13.7. The Morgan fingerprint density at radius 1 is 1.42 bits per heavy atom. The number of nitrogens with one attached hydrogen (secondary N) is 1. The largest absolute Gasteiger partial charge is 0.490 e. The van der Waals surface area contributed by atoms with E-state index in [1.165, 1.54) is 0 Å². The summed E-state index contributed by atoms with van der Waals surface area (Å²) in [5.74, 6) is 0.745. The van der Waals surface area contributed by atoms with Crippen LogP contribution in [-0.4, -0.2) is 13.2 Å². The maximum atomic E-state index is 6.14. The fourth-order valence-electron chi connectivity index (χ4n) is 1.72. The highest BCUT2D eigenvalue weighted by molar-refractivity contribution is 9.10. The summed E-state index contributed by atoms with van der Waals surface area (Å²) in [6.45, 7) is 4.06. The SMILES string of the molecule is Cc1cc(Br)cc(Cl)c1OCCNCc1ccoc1. The number of rotatable bonds is 6. The Bertz CT molecular complexity index is 505. The van der Waals surface area contributed by atoms with Crippen LogP contribution in [0.25, 0.3) is 0 Å². The number of furan rings is 1. The lowest BCUT2D eigenvalue weighted by atomic mass is 10.2. The first kappa shape index (κ1) is 14.4. The van der Waals surface area contributed by atoms with E-state index in [-0.39, 0.29) is 0 Å². The first-order chi connectivity index (χ1) is 9.16. The Labute approximate surface area is 126 Å². The minimum absolute atomic E-state index is 0.569. The topological polar surface area (TPSA) is 34.4 Å². The highest BCUT2D eigenvalue weighted by Crippen LogP contribution is 2.31. The van der Waals surface area contributed by atoms with Crippen LogP contribution in [0, 0.1) is 6.92 Å². The average molecular weight is 345 g/mol. The molecule has 3 nitrogen and oxygen atoms in total. The summed E-state index contributed by atoms with van der Waals surface area (Å²) in [6, 6.07) is 5.76. The van der Waals surface area contributed by atoms with E-state index in [0.717, 1.165) is 34.4 Å². The summed E-state index contributed by atoms with van der Waals surface area (Å²) < 4.78 is 11.7. The van der Waals surface area contributed by atoms with E-state index in [1.807, 2.05) is 25.1 Å². The van der Waals surface area contributed by atoms with Crippen LogP contribution in [0.3, 0.4) is 0 Å². The molecule has 0 saturated carbocycles. The van der Waals surface area contributed by atoms with Gasteiger partial charge in [-0.25, -0.2) is 0 Å². The number of halogens is 2. The van der Waals surface area contributed by atoms with Gasteiger partial charge < -0.3 is 14.5 Å². The van der Waals surface area contributed by atoms with Gasteiger partial charge in [0.1, 0.15) is 12.4 Å². The quantitative estimate of drug-likeness (QED) is 0.799. The lowest BCUT2D eigenvalue weighted by molar-refractivity contribution is 0.311. The van der Waals surface area contributed by atoms with Crippen molar-refractivity contribution >= 4 is 27.5 Å². The Kier molecular flexibility index (Phi) is 5.31. The maximum absolute atomic E-state index is 6.14. The Morgan fingerprint density at radius 2 is 2.26 bits per heavy atom. The standard InChI is InChI=1S/C14H15BrClNO2/c1-10-6-12(15)7-13(16)14(10)19-5-3-17-8-11-2-4-18-9-11/h2,4,6-7,9,17H,3,5,8H2,1H3. The van der Waals surface area contributed by atoms with Gasteiger partial charge in [0, 0.05) is 23.1 Å². The molecule has 19 heavy (non-hydrogen) atoms. The smallest absolute Gasteiger partial charge is 0.140 e. The van der Waals surface area contributed by atoms with Crippen molar-refractivity contribution < 1.29 is 9.15 Å². The molecule has 102 valence electrons. The second-order valence-electron chi connectivity index (χ2n) is 4.19. The first-order valence-corrected chi connectivity index (χ1v) is 7.14. The summed E-state index contributed by atoms with van der Waals surface area (Å²) in [5, 5.41) is 3.90. The van der Waals surface area contributed by atoms with E-state index in [4.69, 9.17) is 20.8 Å². The lowest BCUT2D eigenvalue weighted by Gasteiger charge is -2.11. The summed E-state index contributed by atoms with van der Waals surface area (Å²) in [5.41, 5.74) is 2.15. The van der Waals surface area contributed by atoms with Crippen molar-refractivity contribution in [2.75, 3.05) is 13.2 Å². The molecule has 0 bridgehead atoms. The molecule has 1 aromatic heterocycles. The second kappa shape index (κ2) is 6.98. The molecule has 0 aliphatic heterocycles. The molecule has 1 N–H and O–H groups in total. The second-order valence-corrected chi connectivity index (χ2v) is 5.51. The summed E-state index contributed by atoms with van der Waals surface area (Å²) in [4.78, 5) is 0. The molecular weight excluding hydrogens is 330 g/mol. The minimum atomic E-state index is 0.569. The van der Waals surface area contributed by atoms with Crippen LogP contribution in [0.15, 0.2) is 39.6 Å². The van der Waals surface area contributed by atoms with Gasteiger partial charge in [0.25, 0.3) is 0 Å². The normalized spacial score (nSPS) is 10.7. The van der Waals surface area contributed by atoms with Crippen LogP contribution in [-0.2, 0) is 6.54 Å². The van der Waals surface area contributed by atoms with Crippen LogP contribution in [0.1, 0.15) is 11.1 Å². The number of hydrogen-bond donors (Lipinski definition) is 1. The molecule has 0 fully saturated rings. The highest BCUT2D eigenvalue weighted by Gasteiger charge is 2.06. The molecule has 0 aliphatic rings. The third-order valence-corrected chi connectivity index (χ3v) is 3.37. The Balaban J connectivity index is 1.77. The van der Waals surface area contributed by atoms with Crippen LogP contribution >= 0.6 is 27.5 Å². The molecule has 0 unspecified atom stereocenters. The van der Waals surface area contributed by atoms with Gasteiger partial charge in [-0.3, -0.25) is 0 Å². The molecule has 0 amide bonds. The van der Waals surface area contributed by atoms with Gasteiger partial charge in [-0.1, -0.05) is 27.5 Å². The van der Waals surface area contributed by atoms with Crippen molar-refractivity contribution in [2.24, 2.45) is 0 Å². The van der Waals surface area contributed by atoms with Crippen LogP contribution in [0.5, 0.6) is 5.75 Å². The van der Waals surface area contributed by atoms with Gasteiger partial charge in [-0.2, -0.15) is 0 Å². The van der Waals surface area contributed by atoms with E-state index in [1.54, 1.807) is 12.5 Å². The molecule has 0 saturated heterocycles. The molecule has 0 spiro atoms. The van der Waals surface area contributed by atoms with E-state index < -0.39 is 0 Å². The summed E-state index contributed by atoms with van der Waals surface area (Å²) in [7, 11) is 0. The van der Waals surface area contributed by atoms with Crippen molar-refractivity contribution in [3.05, 3.63) is 51.3 Å². The third kappa shape index (κ3) is 4.27. The van der Waals surface area contributed by atoms with Crippen LogP contribution < -0.4 is 10.1 Å². The molecule has 1 heterocycles. The van der Waals surface area contributed by atoms with Gasteiger partial charge in [0.15, 0.2) is 0 Å². The van der Waals surface area contributed by atoms with Gasteiger partial charge in [0.05, 0.1) is 17.5 Å². The fraction of sp³-hybridized carbons (Fsp3) is 0.286. The minimum Gasteiger partial charge on any atom is -0.490 e. The van der Waals surface area contributed by atoms with Gasteiger partial charge >= 0.3 is 0 Å². The molecule has 0 radical (unpaired) electrons. The van der Waals surface area contributed by atoms with Gasteiger partial charge in [0.2, 0.25) is 0 Å². The molecule has 2 aromatic rings. The van der Waals surface area contributed by atoms with Crippen molar-refractivity contribution in [1.82, 2.24) is 5.32 Å². The molecule has 0 aliphatic carbocycles. The Morgan fingerprint density at radius 3 is 2.95 bits per heavy atom. The zero-order valence-corrected chi connectivity index (χ0v) is 12.9. The molecular formula is C14H15BrClNO2. The average Bonchev–Trinajstić information content (AvgIpc) is 2.84. The molecule has 1 aromatic carbocycles. The highest BCUT2D eigenvalue weighted by atomic mass is 79.9. The van der Waals surface area contributed by atoms with Crippen LogP contribution in [0.2, 0.25) is 5.02 Å². The predicted octanol–water partition coefficient (Wildman–Crippen LogP) is 4.17. The lowest BCUT2D eigenvalue weighted by Crippen LogP contribution is -2.20. The fourth-order valence-corrected chi connectivity index (χ4v) is 2.75. The third-order valence-electron chi connectivity index (χ3n) is 2.63. The van der Waals surface area contributed by atoms with Crippen molar-refractivity contribution in [3.63, 3.8) is 0 Å². The zero-order valence-electron chi connectivity index (χ0n) is 10.6. The molecule has 0 atom stereocenters. The number of hydrogen-bond acceptors (Lipinski definition) is 3. The first-order valence-electron chi connectivity index (χ1n) is 5.97. The summed E-state index contributed by atoms with van der Waals surface area (Å²) >= 11 is 9.54.